The molecule has 2 aromatic carbocycles. The van der Waals surface area contributed by atoms with Gasteiger partial charge in [0, 0.05) is 30.4 Å². The monoisotopic (exact) mass is 677 g/mol. The molecule has 0 aliphatic carbocycles. The maximum Gasteiger partial charge on any atom is 0.336 e. The van der Waals surface area contributed by atoms with Crippen molar-refractivity contribution in [3.8, 4) is 0 Å². The quantitative estimate of drug-likeness (QED) is 0.170. The SMILES string of the molecule is CCOC(=O)C1=C(COCCNC(=O)C(/C=C(\C)c2ccccc2)C(=O)N2CCCCC2)NC(C)=C(C(=O)OC)C1c1ccccc1Cl. The maximum absolute atomic E-state index is 13.5. The lowest BCUT2D eigenvalue weighted by Crippen LogP contribution is -2.45. The summed E-state index contributed by atoms with van der Waals surface area (Å²) in [6.07, 6.45) is 4.63. The molecule has 48 heavy (non-hydrogen) atoms. The highest BCUT2D eigenvalue weighted by molar-refractivity contribution is 6.31. The van der Waals surface area contributed by atoms with Crippen molar-refractivity contribution in [2.24, 2.45) is 5.92 Å². The van der Waals surface area contributed by atoms with E-state index in [-0.39, 0.29) is 43.4 Å². The van der Waals surface area contributed by atoms with Crippen LogP contribution in [0.15, 0.2) is 83.2 Å². The molecule has 2 heterocycles. The predicted octanol–water partition coefficient (Wildman–Crippen LogP) is 5.16. The predicted molar refractivity (Wildman–Crippen MR) is 184 cm³/mol. The molecule has 0 aromatic heterocycles. The Morgan fingerprint density at radius 3 is 2.35 bits per heavy atom. The van der Waals surface area contributed by atoms with Gasteiger partial charge in [-0.1, -0.05) is 66.2 Å². The van der Waals surface area contributed by atoms with Gasteiger partial charge in [-0.15, -0.1) is 0 Å². The molecule has 0 saturated carbocycles. The minimum Gasteiger partial charge on any atom is -0.466 e. The number of nitrogens with one attached hydrogen (secondary N) is 2. The van der Waals surface area contributed by atoms with Crippen LogP contribution in [0.5, 0.6) is 0 Å². The Balaban J connectivity index is 1.51. The van der Waals surface area contributed by atoms with Crippen LogP contribution in [0.1, 0.15) is 57.1 Å². The Morgan fingerprint density at radius 2 is 1.69 bits per heavy atom. The molecule has 256 valence electrons. The van der Waals surface area contributed by atoms with Crippen LogP contribution in [-0.4, -0.2) is 75.2 Å². The third-order valence-electron chi connectivity index (χ3n) is 8.42. The summed E-state index contributed by atoms with van der Waals surface area (Å²) in [4.78, 5) is 55.2. The van der Waals surface area contributed by atoms with Gasteiger partial charge in [-0.2, -0.15) is 0 Å². The molecule has 0 spiro atoms. The van der Waals surface area contributed by atoms with Crippen molar-refractivity contribution >= 4 is 40.9 Å². The highest BCUT2D eigenvalue weighted by atomic mass is 35.5. The summed E-state index contributed by atoms with van der Waals surface area (Å²) in [5.74, 6) is -3.72. The third-order valence-corrected chi connectivity index (χ3v) is 8.76. The fraction of sp³-hybridized carbons (Fsp3) is 0.405. The molecule has 11 heteroatoms. The molecule has 1 saturated heterocycles. The second-order valence-corrected chi connectivity index (χ2v) is 12.1. The van der Waals surface area contributed by atoms with Gasteiger partial charge in [0.15, 0.2) is 0 Å². The zero-order valence-electron chi connectivity index (χ0n) is 28.0. The second kappa shape index (κ2) is 17.7. The number of ether oxygens (including phenoxy) is 3. The molecule has 4 rings (SSSR count). The van der Waals surface area contributed by atoms with Crippen LogP contribution in [0.4, 0.5) is 0 Å². The molecule has 10 nitrogen and oxygen atoms in total. The maximum atomic E-state index is 13.5. The first-order valence-corrected chi connectivity index (χ1v) is 16.6. The van der Waals surface area contributed by atoms with Gasteiger partial charge in [0.25, 0.3) is 0 Å². The summed E-state index contributed by atoms with van der Waals surface area (Å²) in [6, 6.07) is 16.6. The molecule has 2 aliphatic rings. The van der Waals surface area contributed by atoms with Crippen LogP contribution in [0, 0.1) is 5.92 Å². The van der Waals surface area contributed by atoms with Crippen molar-refractivity contribution in [1.29, 1.82) is 0 Å². The van der Waals surface area contributed by atoms with E-state index in [1.807, 2.05) is 37.3 Å². The molecule has 2 unspecified atom stereocenters. The highest BCUT2D eigenvalue weighted by Crippen LogP contribution is 2.41. The summed E-state index contributed by atoms with van der Waals surface area (Å²) in [7, 11) is 1.27. The minimum absolute atomic E-state index is 0.0556. The zero-order chi connectivity index (χ0) is 34.6. The Kier molecular flexibility index (Phi) is 13.4. The molecule has 2 N–H and O–H groups in total. The van der Waals surface area contributed by atoms with Crippen molar-refractivity contribution < 1.29 is 33.4 Å². The lowest BCUT2D eigenvalue weighted by molar-refractivity contribution is -0.141. The molecular formula is C37H44ClN3O7. The van der Waals surface area contributed by atoms with Gasteiger partial charge in [-0.3, -0.25) is 9.59 Å². The van der Waals surface area contributed by atoms with Crippen LogP contribution in [-0.2, 0) is 33.4 Å². The van der Waals surface area contributed by atoms with E-state index in [9.17, 15) is 19.2 Å². The standard InChI is InChI=1S/C37H44ClN3O7/c1-5-48-37(45)33-30(40-25(3)31(36(44)46-4)32(33)27-16-10-11-17-29(27)38)23-47-21-18-39-34(42)28(35(43)41-19-12-7-13-20-41)22-24(2)26-14-8-6-9-15-26/h6,8-11,14-17,22,28,32,40H,5,7,12-13,18-21,23H2,1-4H3,(H,39,42)/b24-22+. The van der Waals surface area contributed by atoms with Gasteiger partial charge in [-0.05, 0) is 62.8 Å². The Bertz CT molecular complexity index is 1580. The fourth-order valence-corrected chi connectivity index (χ4v) is 6.25. The van der Waals surface area contributed by atoms with Crippen LogP contribution in [0.3, 0.4) is 0 Å². The summed E-state index contributed by atoms with van der Waals surface area (Å²) in [5, 5.41) is 6.37. The van der Waals surface area contributed by atoms with Crippen molar-refractivity contribution in [2.45, 2.75) is 46.0 Å². The molecule has 2 aromatic rings. The number of rotatable bonds is 13. The minimum atomic E-state index is -0.984. The fourth-order valence-electron chi connectivity index (χ4n) is 6.01. The molecule has 1 fully saturated rings. The number of carbonyl (C=O) groups is 4. The van der Waals surface area contributed by atoms with E-state index in [1.165, 1.54) is 7.11 Å². The van der Waals surface area contributed by atoms with Gasteiger partial charge in [-0.25, -0.2) is 9.59 Å². The van der Waals surface area contributed by atoms with Crippen LogP contribution in [0.25, 0.3) is 5.57 Å². The topological polar surface area (TPSA) is 123 Å². The van der Waals surface area contributed by atoms with Crippen molar-refractivity contribution in [3.63, 3.8) is 0 Å². The number of amides is 2. The van der Waals surface area contributed by atoms with E-state index in [0.29, 0.717) is 35.1 Å². The number of nitrogens with zero attached hydrogens (tertiary/aromatic N) is 1. The average Bonchev–Trinajstić information content (AvgIpc) is 3.10. The Labute approximate surface area is 287 Å². The van der Waals surface area contributed by atoms with E-state index in [4.69, 9.17) is 25.8 Å². The number of hydrogen-bond donors (Lipinski definition) is 2. The first-order chi connectivity index (χ1) is 23.2. The van der Waals surface area contributed by atoms with Gasteiger partial charge >= 0.3 is 11.9 Å². The number of dihydropyridines is 1. The number of methoxy groups -OCH3 is 1. The number of halogens is 1. The van der Waals surface area contributed by atoms with E-state index < -0.39 is 29.7 Å². The summed E-state index contributed by atoms with van der Waals surface area (Å²) >= 11 is 6.58. The van der Waals surface area contributed by atoms with E-state index >= 15 is 0 Å². The van der Waals surface area contributed by atoms with E-state index in [2.05, 4.69) is 10.6 Å². The van der Waals surface area contributed by atoms with Gasteiger partial charge < -0.3 is 29.7 Å². The van der Waals surface area contributed by atoms with Crippen molar-refractivity contribution in [1.82, 2.24) is 15.5 Å². The average molecular weight is 678 g/mol. The zero-order valence-corrected chi connectivity index (χ0v) is 28.7. The Hall–Kier alpha value is -4.41. The van der Waals surface area contributed by atoms with Gasteiger partial charge in [0.1, 0.15) is 5.92 Å². The molecule has 0 bridgehead atoms. The van der Waals surface area contributed by atoms with Crippen molar-refractivity contribution in [2.75, 3.05) is 46.6 Å². The molecule has 2 atom stereocenters. The lowest BCUT2D eigenvalue weighted by atomic mass is 9.80. The van der Waals surface area contributed by atoms with Crippen molar-refractivity contribution in [3.05, 3.63) is 99.4 Å². The van der Waals surface area contributed by atoms with E-state index in [1.54, 1.807) is 49.1 Å². The first-order valence-electron chi connectivity index (χ1n) is 16.3. The number of piperidine rings is 1. The molecule has 0 radical (unpaired) electrons. The smallest absolute Gasteiger partial charge is 0.336 e. The molecule has 2 amide bonds. The Morgan fingerprint density at radius 1 is 1.00 bits per heavy atom. The number of allylic oxidation sites excluding steroid dienone is 2. The van der Waals surface area contributed by atoms with Crippen LogP contribution < -0.4 is 10.6 Å². The van der Waals surface area contributed by atoms with Gasteiger partial charge in [0.05, 0.1) is 49.7 Å². The second-order valence-electron chi connectivity index (χ2n) is 11.6. The lowest BCUT2D eigenvalue weighted by Gasteiger charge is -2.31. The molecular weight excluding hydrogens is 634 g/mol. The number of hydrogen-bond acceptors (Lipinski definition) is 8. The summed E-state index contributed by atoms with van der Waals surface area (Å²) in [6.45, 7) is 6.84. The van der Waals surface area contributed by atoms with Crippen LogP contribution >= 0.6 is 11.6 Å². The number of likely N-dealkylation sites (tertiary alicyclic amines) is 1. The van der Waals surface area contributed by atoms with Crippen LogP contribution in [0.2, 0.25) is 5.02 Å². The first kappa shape index (κ1) is 36.4. The number of carbonyl (C=O) groups excluding carboxylic acids is 4. The largest absolute Gasteiger partial charge is 0.466 e. The van der Waals surface area contributed by atoms with Gasteiger partial charge in [0.2, 0.25) is 11.8 Å². The number of benzene rings is 2. The van der Waals surface area contributed by atoms with E-state index in [0.717, 1.165) is 30.4 Å². The number of esters is 2. The summed E-state index contributed by atoms with van der Waals surface area (Å²) < 4.78 is 16.4. The normalized spacial score (nSPS) is 17.4. The summed E-state index contributed by atoms with van der Waals surface area (Å²) in [5.41, 5.74) is 3.59. The third kappa shape index (κ3) is 8.93. The highest BCUT2D eigenvalue weighted by Gasteiger charge is 2.39. The molecule has 2 aliphatic heterocycles.